The topological polar surface area (TPSA) is 49.3 Å². The number of anilines is 1. The third-order valence-electron chi connectivity index (χ3n) is 2.38. The van der Waals surface area contributed by atoms with E-state index in [0.29, 0.717) is 0 Å². The maximum absolute atomic E-state index is 13.0. The average molecular weight is 267 g/mol. The van der Waals surface area contributed by atoms with Gasteiger partial charge in [-0.25, -0.2) is 13.2 Å². The van der Waals surface area contributed by atoms with Crippen molar-refractivity contribution in [1.29, 1.82) is 0 Å². The van der Waals surface area contributed by atoms with Gasteiger partial charge in [0.1, 0.15) is 11.6 Å². The molecule has 19 heavy (non-hydrogen) atoms. The summed E-state index contributed by atoms with van der Waals surface area (Å²) in [6.45, 7) is 0. The monoisotopic (exact) mass is 267 g/mol. The van der Waals surface area contributed by atoms with Crippen LogP contribution in [0.25, 0.3) is 0 Å². The first-order valence-electron chi connectivity index (χ1n) is 5.22. The molecule has 0 heterocycles. The second-order valence-corrected chi connectivity index (χ2v) is 3.74. The van der Waals surface area contributed by atoms with Crippen LogP contribution >= 0.6 is 0 Å². The highest BCUT2D eigenvalue weighted by Crippen LogP contribution is 2.20. The van der Waals surface area contributed by atoms with E-state index in [1.165, 1.54) is 0 Å². The predicted molar refractivity (Wildman–Crippen MR) is 62.4 cm³/mol. The highest BCUT2D eigenvalue weighted by atomic mass is 19.2. The van der Waals surface area contributed by atoms with E-state index in [0.717, 1.165) is 36.4 Å². The molecule has 0 bridgehead atoms. The third kappa shape index (κ3) is 2.85. The molecule has 2 rings (SSSR count). The summed E-state index contributed by atoms with van der Waals surface area (Å²) in [6, 6.07) is 5.62. The number of phenols is 1. The number of aromatic hydroxyl groups is 1. The zero-order chi connectivity index (χ0) is 14.0. The zero-order valence-corrected chi connectivity index (χ0v) is 9.45. The van der Waals surface area contributed by atoms with Gasteiger partial charge < -0.3 is 10.4 Å². The molecular weight excluding hydrogens is 259 g/mol. The summed E-state index contributed by atoms with van der Waals surface area (Å²) in [5.41, 5.74) is -0.308. The van der Waals surface area contributed by atoms with Crippen LogP contribution in [-0.2, 0) is 0 Å². The van der Waals surface area contributed by atoms with Crippen LogP contribution in [-0.4, -0.2) is 11.0 Å². The van der Waals surface area contributed by atoms with Gasteiger partial charge in [0.25, 0.3) is 5.91 Å². The molecule has 0 saturated heterocycles. The lowest BCUT2D eigenvalue weighted by Gasteiger charge is -2.07. The van der Waals surface area contributed by atoms with E-state index in [4.69, 9.17) is 0 Å². The van der Waals surface area contributed by atoms with Crippen molar-refractivity contribution in [1.82, 2.24) is 0 Å². The second kappa shape index (κ2) is 5.01. The van der Waals surface area contributed by atoms with Crippen LogP contribution in [0, 0.1) is 17.5 Å². The lowest BCUT2D eigenvalue weighted by Crippen LogP contribution is -2.12. The highest BCUT2D eigenvalue weighted by molar-refractivity contribution is 6.06. The maximum atomic E-state index is 13.0. The van der Waals surface area contributed by atoms with Crippen molar-refractivity contribution in [3.05, 3.63) is 59.4 Å². The SMILES string of the molecule is O=C(Nc1ccc(F)c(F)c1)c1cc(F)ccc1O. The van der Waals surface area contributed by atoms with E-state index in [1.54, 1.807) is 0 Å². The van der Waals surface area contributed by atoms with Gasteiger partial charge in [0.15, 0.2) is 11.6 Å². The summed E-state index contributed by atoms with van der Waals surface area (Å²) in [5.74, 6) is -4.12. The summed E-state index contributed by atoms with van der Waals surface area (Å²) in [6.07, 6.45) is 0. The number of hydrogen-bond acceptors (Lipinski definition) is 2. The molecule has 0 radical (unpaired) electrons. The van der Waals surface area contributed by atoms with Gasteiger partial charge in [0.05, 0.1) is 5.56 Å². The molecular formula is C13H8F3NO2. The standard InChI is InChI=1S/C13H8F3NO2/c14-7-1-4-12(18)9(5-7)13(19)17-8-2-3-10(15)11(16)6-8/h1-6,18H,(H,17,19). The number of carbonyl (C=O) groups excluding carboxylic acids is 1. The molecule has 6 heteroatoms. The number of carbonyl (C=O) groups is 1. The van der Waals surface area contributed by atoms with E-state index in [2.05, 4.69) is 5.32 Å². The summed E-state index contributed by atoms with van der Waals surface area (Å²) >= 11 is 0. The van der Waals surface area contributed by atoms with Gasteiger partial charge in [-0.15, -0.1) is 0 Å². The van der Waals surface area contributed by atoms with Crippen molar-refractivity contribution in [2.24, 2.45) is 0 Å². The van der Waals surface area contributed by atoms with Crippen LogP contribution in [0.15, 0.2) is 36.4 Å². The lowest BCUT2D eigenvalue weighted by atomic mass is 10.1. The number of nitrogens with one attached hydrogen (secondary N) is 1. The molecule has 2 N–H and O–H groups in total. The van der Waals surface area contributed by atoms with Crippen molar-refractivity contribution >= 4 is 11.6 Å². The molecule has 0 spiro atoms. The van der Waals surface area contributed by atoms with E-state index in [9.17, 15) is 23.1 Å². The van der Waals surface area contributed by atoms with Gasteiger partial charge in [-0.3, -0.25) is 4.79 Å². The van der Waals surface area contributed by atoms with E-state index in [-0.39, 0.29) is 11.3 Å². The van der Waals surface area contributed by atoms with Gasteiger partial charge in [-0.05, 0) is 30.3 Å². The van der Waals surface area contributed by atoms with Gasteiger partial charge in [-0.1, -0.05) is 0 Å². The molecule has 1 amide bonds. The first kappa shape index (κ1) is 12.9. The minimum absolute atomic E-state index is 0.00689. The Kier molecular flexibility index (Phi) is 3.41. The van der Waals surface area contributed by atoms with E-state index >= 15 is 0 Å². The minimum atomic E-state index is -1.12. The molecule has 0 aliphatic heterocycles. The number of rotatable bonds is 2. The summed E-state index contributed by atoms with van der Waals surface area (Å²) in [5, 5.41) is 11.6. The number of halogens is 3. The van der Waals surface area contributed by atoms with Crippen LogP contribution in [0.4, 0.5) is 18.9 Å². The molecule has 0 fully saturated rings. The Labute approximate surface area is 106 Å². The van der Waals surface area contributed by atoms with Crippen LogP contribution in [0.3, 0.4) is 0 Å². The molecule has 2 aromatic carbocycles. The quantitative estimate of drug-likeness (QED) is 0.878. The Balaban J connectivity index is 2.25. The average Bonchev–Trinajstić information content (AvgIpc) is 2.36. The Hall–Kier alpha value is -2.50. The smallest absolute Gasteiger partial charge is 0.259 e. The molecule has 0 unspecified atom stereocenters. The first-order chi connectivity index (χ1) is 8.97. The largest absolute Gasteiger partial charge is 0.507 e. The van der Waals surface area contributed by atoms with Crippen molar-refractivity contribution in [2.75, 3.05) is 5.32 Å². The van der Waals surface area contributed by atoms with Gasteiger partial charge in [0.2, 0.25) is 0 Å². The number of phenolic OH excluding ortho intramolecular Hbond substituents is 1. The normalized spacial score (nSPS) is 10.3. The predicted octanol–water partition coefficient (Wildman–Crippen LogP) is 3.06. The number of benzene rings is 2. The fraction of sp³-hybridized carbons (Fsp3) is 0. The second-order valence-electron chi connectivity index (χ2n) is 3.74. The van der Waals surface area contributed by atoms with Crippen molar-refractivity contribution in [2.45, 2.75) is 0 Å². The fourth-order valence-corrected chi connectivity index (χ4v) is 1.46. The zero-order valence-electron chi connectivity index (χ0n) is 9.45. The Bertz CT molecular complexity index is 644. The van der Waals surface area contributed by atoms with Crippen LogP contribution in [0.2, 0.25) is 0 Å². The maximum Gasteiger partial charge on any atom is 0.259 e. The van der Waals surface area contributed by atoms with Crippen molar-refractivity contribution < 1.29 is 23.1 Å². The number of amides is 1. The Morgan fingerprint density at radius 2 is 1.74 bits per heavy atom. The fourth-order valence-electron chi connectivity index (χ4n) is 1.46. The molecule has 0 aromatic heterocycles. The van der Waals surface area contributed by atoms with E-state index in [1.807, 2.05) is 0 Å². The van der Waals surface area contributed by atoms with Gasteiger partial charge >= 0.3 is 0 Å². The van der Waals surface area contributed by atoms with Crippen LogP contribution in [0.5, 0.6) is 5.75 Å². The molecule has 3 nitrogen and oxygen atoms in total. The summed E-state index contributed by atoms with van der Waals surface area (Å²) < 4.78 is 38.6. The third-order valence-corrected chi connectivity index (χ3v) is 2.38. The summed E-state index contributed by atoms with van der Waals surface area (Å²) in [7, 11) is 0. The highest BCUT2D eigenvalue weighted by Gasteiger charge is 2.13. The molecule has 0 aliphatic carbocycles. The molecule has 0 aliphatic rings. The minimum Gasteiger partial charge on any atom is -0.507 e. The first-order valence-corrected chi connectivity index (χ1v) is 5.22. The van der Waals surface area contributed by atoms with Gasteiger partial charge in [0, 0.05) is 11.8 Å². The van der Waals surface area contributed by atoms with Crippen molar-refractivity contribution in [3.63, 3.8) is 0 Å². The van der Waals surface area contributed by atoms with Crippen molar-refractivity contribution in [3.8, 4) is 5.75 Å². The van der Waals surface area contributed by atoms with Gasteiger partial charge in [-0.2, -0.15) is 0 Å². The molecule has 0 atom stereocenters. The molecule has 98 valence electrons. The lowest BCUT2D eigenvalue weighted by molar-refractivity contribution is 0.102. The molecule has 2 aromatic rings. The number of hydrogen-bond donors (Lipinski definition) is 2. The molecule has 0 saturated carbocycles. The van der Waals surface area contributed by atoms with E-state index < -0.39 is 29.1 Å². The van der Waals surface area contributed by atoms with Crippen LogP contribution < -0.4 is 5.32 Å². The van der Waals surface area contributed by atoms with Crippen LogP contribution in [0.1, 0.15) is 10.4 Å². The Morgan fingerprint density at radius 3 is 2.42 bits per heavy atom. The summed E-state index contributed by atoms with van der Waals surface area (Å²) in [4.78, 5) is 11.7. The Morgan fingerprint density at radius 1 is 1.00 bits per heavy atom.